The van der Waals surface area contributed by atoms with Gasteiger partial charge in [-0.25, -0.2) is 4.79 Å². The Kier molecular flexibility index (Phi) is 5.85. The molecule has 1 rings (SSSR count). The van der Waals surface area contributed by atoms with Crippen LogP contribution >= 0.6 is 7.60 Å². The van der Waals surface area contributed by atoms with Crippen LogP contribution in [0.25, 0.3) is 0 Å². The number of amides is 1. The molecule has 0 aliphatic heterocycles. The Balaban J connectivity index is 2.13. The summed E-state index contributed by atoms with van der Waals surface area (Å²) in [6.07, 6.45) is -0.624. The summed E-state index contributed by atoms with van der Waals surface area (Å²) in [5.41, 5.74) is 0.878. The van der Waals surface area contributed by atoms with Crippen LogP contribution in [0.4, 0.5) is 4.79 Å². The summed E-state index contributed by atoms with van der Waals surface area (Å²) in [6, 6.07) is 9.22. The fourth-order valence-corrected chi connectivity index (χ4v) is 1.82. The summed E-state index contributed by atoms with van der Waals surface area (Å²) in [6.45, 7) is 0.351. The topological polar surface area (TPSA) is 95.9 Å². The fraction of sp³-hybridized carbons (Fsp3) is 0.364. The molecule has 0 radical (unpaired) electrons. The van der Waals surface area contributed by atoms with E-state index in [1.165, 1.54) is 0 Å². The van der Waals surface area contributed by atoms with Gasteiger partial charge in [0.25, 0.3) is 0 Å². The van der Waals surface area contributed by atoms with E-state index in [1.54, 1.807) is 0 Å². The van der Waals surface area contributed by atoms with Gasteiger partial charge < -0.3 is 19.8 Å². The first-order chi connectivity index (χ1) is 8.47. The van der Waals surface area contributed by atoms with Gasteiger partial charge in [0.15, 0.2) is 0 Å². The van der Waals surface area contributed by atoms with Crippen molar-refractivity contribution in [2.24, 2.45) is 0 Å². The molecule has 1 aromatic rings. The van der Waals surface area contributed by atoms with Crippen LogP contribution in [-0.2, 0) is 15.9 Å². The molecule has 6 nitrogen and oxygen atoms in total. The lowest BCUT2D eigenvalue weighted by Crippen LogP contribution is -2.25. The molecule has 1 amide bonds. The fourth-order valence-electron chi connectivity index (χ4n) is 1.25. The number of alkyl carbamates (subject to hydrolysis) is 1. The number of carbonyl (C=O) groups is 1. The van der Waals surface area contributed by atoms with Gasteiger partial charge in [-0.15, -0.1) is 0 Å². The van der Waals surface area contributed by atoms with Crippen molar-refractivity contribution in [2.45, 2.75) is 13.0 Å². The molecule has 0 heterocycles. The Morgan fingerprint density at radius 1 is 1.28 bits per heavy atom. The van der Waals surface area contributed by atoms with Crippen molar-refractivity contribution in [3.05, 3.63) is 35.9 Å². The second-order valence-electron chi connectivity index (χ2n) is 3.73. The van der Waals surface area contributed by atoms with E-state index in [4.69, 9.17) is 14.5 Å². The second-order valence-corrected chi connectivity index (χ2v) is 5.51. The molecule has 0 aromatic heterocycles. The van der Waals surface area contributed by atoms with E-state index in [9.17, 15) is 9.36 Å². The summed E-state index contributed by atoms with van der Waals surface area (Å²) in [4.78, 5) is 28.4. The molecule has 7 heteroatoms. The van der Waals surface area contributed by atoms with Gasteiger partial charge in [0.2, 0.25) is 0 Å². The van der Waals surface area contributed by atoms with Crippen LogP contribution in [0.15, 0.2) is 30.3 Å². The zero-order chi connectivity index (χ0) is 13.4. The molecule has 0 aliphatic carbocycles. The van der Waals surface area contributed by atoms with E-state index in [2.05, 4.69) is 5.32 Å². The van der Waals surface area contributed by atoms with E-state index in [0.29, 0.717) is 0 Å². The number of carbonyl (C=O) groups excluding carboxylic acids is 1. The zero-order valence-electron chi connectivity index (χ0n) is 9.78. The predicted octanol–water partition coefficient (Wildman–Crippen LogP) is 1.48. The maximum absolute atomic E-state index is 11.2. The molecule has 100 valence electrons. The normalized spacial score (nSPS) is 11.0. The molecule has 0 spiro atoms. The Morgan fingerprint density at radius 2 is 1.94 bits per heavy atom. The van der Waals surface area contributed by atoms with Crippen molar-refractivity contribution in [3.63, 3.8) is 0 Å². The van der Waals surface area contributed by atoms with Crippen LogP contribution in [-0.4, -0.2) is 28.6 Å². The summed E-state index contributed by atoms with van der Waals surface area (Å²) in [7, 11) is -3.98. The molecular weight excluding hydrogens is 257 g/mol. The highest BCUT2D eigenvalue weighted by Crippen LogP contribution is 2.34. The van der Waals surface area contributed by atoms with Crippen molar-refractivity contribution in [3.8, 4) is 0 Å². The van der Waals surface area contributed by atoms with Gasteiger partial charge in [-0.1, -0.05) is 30.3 Å². The molecule has 0 saturated carbocycles. The van der Waals surface area contributed by atoms with Crippen LogP contribution in [0.3, 0.4) is 0 Å². The quantitative estimate of drug-likeness (QED) is 0.539. The number of ether oxygens (including phenoxy) is 1. The highest BCUT2D eigenvalue weighted by molar-refractivity contribution is 7.51. The molecular formula is C11H16NO5P. The monoisotopic (exact) mass is 273 g/mol. The van der Waals surface area contributed by atoms with Gasteiger partial charge in [-0.05, 0) is 12.0 Å². The maximum atomic E-state index is 11.2. The van der Waals surface area contributed by atoms with E-state index in [-0.39, 0.29) is 25.7 Å². The number of hydrogen-bond donors (Lipinski definition) is 3. The Morgan fingerprint density at radius 3 is 2.56 bits per heavy atom. The molecule has 3 N–H and O–H groups in total. The molecule has 0 bridgehead atoms. The van der Waals surface area contributed by atoms with E-state index < -0.39 is 13.7 Å². The number of hydrogen-bond acceptors (Lipinski definition) is 3. The third kappa shape index (κ3) is 7.06. The number of nitrogens with one attached hydrogen (secondary N) is 1. The van der Waals surface area contributed by atoms with Crippen LogP contribution in [0, 0.1) is 0 Å². The number of rotatable bonds is 6. The van der Waals surface area contributed by atoms with Gasteiger partial charge in [0.1, 0.15) is 6.61 Å². The summed E-state index contributed by atoms with van der Waals surface area (Å²) < 4.78 is 15.5. The second kappa shape index (κ2) is 7.16. The average molecular weight is 273 g/mol. The van der Waals surface area contributed by atoms with E-state index in [1.807, 2.05) is 30.3 Å². The van der Waals surface area contributed by atoms with Crippen molar-refractivity contribution in [2.75, 3.05) is 12.7 Å². The van der Waals surface area contributed by atoms with Crippen molar-refractivity contribution in [1.29, 1.82) is 0 Å². The average Bonchev–Trinajstić information content (AvgIpc) is 2.32. The molecule has 0 saturated heterocycles. The Labute approximate surface area is 105 Å². The van der Waals surface area contributed by atoms with Crippen LogP contribution < -0.4 is 5.32 Å². The highest BCUT2D eigenvalue weighted by atomic mass is 31.2. The van der Waals surface area contributed by atoms with Gasteiger partial charge in [0.05, 0.1) is 6.16 Å². The highest BCUT2D eigenvalue weighted by Gasteiger charge is 2.11. The minimum absolute atomic E-state index is 0.172. The molecule has 0 unspecified atom stereocenters. The minimum atomic E-state index is -3.98. The molecule has 1 aromatic carbocycles. The summed E-state index contributed by atoms with van der Waals surface area (Å²) in [5, 5.41) is 2.42. The summed E-state index contributed by atoms with van der Waals surface area (Å²) >= 11 is 0. The lowest BCUT2D eigenvalue weighted by Gasteiger charge is -2.07. The van der Waals surface area contributed by atoms with Crippen LogP contribution in [0.1, 0.15) is 12.0 Å². The minimum Gasteiger partial charge on any atom is -0.445 e. The lowest BCUT2D eigenvalue weighted by atomic mass is 10.2. The van der Waals surface area contributed by atoms with Crippen molar-refractivity contribution >= 4 is 13.7 Å². The van der Waals surface area contributed by atoms with Crippen LogP contribution in [0.2, 0.25) is 0 Å². The zero-order valence-corrected chi connectivity index (χ0v) is 10.7. The SMILES string of the molecule is O=C(NCCCP(=O)(O)O)OCc1ccccc1. The standard InChI is InChI=1S/C11H16NO5P/c13-11(12-7-4-8-18(14,15)16)17-9-10-5-2-1-3-6-10/h1-3,5-6H,4,7-9H2,(H,12,13)(H2,14,15,16). The van der Waals surface area contributed by atoms with Crippen molar-refractivity contribution < 1.29 is 23.9 Å². The van der Waals surface area contributed by atoms with Crippen molar-refractivity contribution in [1.82, 2.24) is 5.32 Å². The van der Waals surface area contributed by atoms with E-state index in [0.717, 1.165) is 5.56 Å². The third-order valence-corrected chi connectivity index (χ3v) is 3.01. The molecule has 18 heavy (non-hydrogen) atoms. The number of benzene rings is 1. The first-order valence-corrected chi connectivity index (χ1v) is 7.26. The van der Waals surface area contributed by atoms with Gasteiger partial charge in [-0.3, -0.25) is 4.57 Å². The summed E-state index contributed by atoms with van der Waals surface area (Å²) in [5.74, 6) is 0. The maximum Gasteiger partial charge on any atom is 0.407 e. The largest absolute Gasteiger partial charge is 0.445 e. The molecule has 0 aliphatic rings. The van der Waals surface area contributed by atoms with Gasteiger partial charge in [-0.2, -0.15) is 0 Å². The smallest absolute Gasteiger partial charge is 0.407 e. The Hall–Kier alpha value is -1.36. The lowest BCUT2D eigenvalue weighted by molar-refractivity contribution is 0.139. The third-order valence-electron chi connectivity index (χ3n) is 2.11. The molecule has 0 atom stereocenters. The predicted molar refractivity (Wildman–Crippen MR) is 66.2 cm³/mol. The first kappa shape index (κ1) is 14.7. The van der Waals surface area contributed by atoms with Crippen LogP contribution in [0.5, 0.6) is 0 Å². The van der Waals surface area contributed by atoms with Gasteiger partial charge >= 0.3 is 13.7 Å². The first-order valence-electron chi connectivity index (χ1n) is 5.46. The Bertz CT molecular complexity index is 417. The van der Waals surface area contributed by atoms with E-state index >= 15 is 0 Å². The molecule has 0 fully saturated rings. The van der Waals surface area contributed by atoms with Gasteiger partial charge in [0, 0.05) is 6.54 Å².